The van der Waals surface area contributed by atoms with Gasteiger partial charge in [-0.05, 0) is 56.8 Å². The van der Waals surface area contributed by atoms with E-state index in [1.807, 2.05) is 26.2 Å². The van der Waals surface area contributed by atoms with Gasteiger partial charge in [0.1, 0.15) is 23.3 Å². The standard InChI is InChI=1S/C32H43N7O7S2/c1-6-19-15-32(19,29(44)37-48(45,46)21-9-10-21)36-26(41)22-14-20(34-27(42)24-17(2)33-30-38(24)11-12-47-30)16-39(22)28(43)25(31(3,4)5)35-23(40)13-18-7-8-18/h6,11-12,18-22,25H,1,7-10,13-16H2,2-5H3,(H,34,42)(H,35,40)(H,36,41)(H,37,44)/t19?,20-,22+,25-,32?/m1/s1. The Labute approximate surface area is 283 Å². The van der Waals surface area contributed by atoms with E-state index in [2.05, 4.69) is 32.2 Å². The first-order valence-corrected chi connectivity index (χ1v) is 18.8. The van der Waals surface area contributed by atoms with Crippen LogP contribution in [0.4, 0.5) is 0 Å². The summed E-state index contributed by atoms with van der Waals surface area (Å²) in [7, 11) is -3.89. The Morgan fingerprint density at radius 2 is 1.88 bits per heavy atom. The average molecular weight is 702 g/mol. The summed E-state index contributed by atoms with van der Waals surface area (Å²) in [5.74, 6) is -2.88. The number of nitrogens with zero attached hydrogens (tertiary/aromatic N) is 3. The van der Waals surface area contributed by atoms with Crippen LogP contribution in [0.15, 0.2) is 24.2 Å². The molecule has 4 N–H and O–H groups in total. The van der Waals surface area contributed by atoms with Crippen LogP contribution in [-0.2, 0) is 29.2 Å². The Balaban J connectivity index is 1.25. The van der Waals surface area contributed by atoms with Crippen molar-refractivity contribution in [3.05, 3.63) is 35.6 Å². The number of nitrogens with one attached hydrogen (secondary N) is 4. The zero-order valence-electron chi connectivity index (χ0n) is 27.6. The first kappa shape index (κ1) is 34.1. The quantitative estimate of drug-likeness (QED) is 0.239. The highest BCUT2D eigenvalue weighted by Crippen LogP contribution is 2.45. The van der Waals surface area contributed by atoms with Crippen molar-refractivity contribution in [2.75, 3.05) is 6.54 Å². The minimum Gasteiger partial charge on any atom is -0.346 e. The number of carbonyl (C=O) groups excluding carboxylic acids is 5. The molecule has 5 amide bonds. The molecule has 2 aromatic rings. The first-order chi connectivity index (χ1) is 22.5. The molecule has 48 heavy (non-hydrogen) atoms. The van der Waals surface area contributed by atoms with Crippen LogP contribution in [0.25, 0.3) is 4.96 Å². The second-order valence-electron chi connectivity index (χ2n) is 14.7. The van der Waals surface area contributed by atoms with Gasteiger partial charge >= 0.3 is 0 Å². The predicted molar refractivity (Wildman–Crippen MR) is 177 cm³/mol. The van der Waals surface area contributed by atoms with E-state index in [-0.39, 0.29) is 25.3 Å². The van der Waals surface area contributed by atoms with Crippen LogP contribution in [0, 0.1) is 24.2 Å². The minimum absolute atomic E-state index is 0.0255. The Kier molecular flexibility index (Phi) is 8.71. The third-order valence-corrected chi connectivity index (χ3v) is 12.3. The van der Waals surface area contributed by atoms with Gasteiger partial charge in [0.15, 0.2) is 4.96 Å². The van der Waals surface area contributed by atoms with E-state index in [1.165, 1.54) is 22.3 Å². The Bertz CT molecular complexity index is 1790. The van der Waals surface area contributed by atoms with Crippen LogP contribution in [0.5, 0.6) is 0 Å². The van der Waals surface area contributed by atoms with Crippen molar-refractivity contribution in [2.45, 2.75) is 102 Å². The molecule has 2 aromatic heterocycles. The Morgan fingerprint density at radius 1 is 1.17 bits per heavy atom. The lowest BCUT2D eigenvalue weighted by Crippen LogP contribution is -2.60. The summed E-state index contributed by atoms with van der Waals surface area (Å²) in [6.45, 7) is 10.9. The summed E-state index contributed by atoms with van der Waals surface area (Å²) in [5.41, 5.74) is -1.39. The number of fused-ring (bicyclic) bond motifs is 1. The summed E-state index contributed by atoms with van der Waals surface area (Å²) in [6.07, 6.45) is 6.58. The van der Waals surface area contributed by atoms with Gasteiger partial charge in [0, 0.05) is 36.5 Å². The van der Waals surface area contributed by atoms with Gasteiger partial charge in [-0.2, -0.15) is 0 Å². The molecule has 260 valence electrons. The maximum absolute atomic E-state index is 14.3. The number of sulfonamides is 1. The molecule has 3 saturated carbocycles. The van der Waals surface area contributed by atoms with Gasteiger partial charge in [0.25, 0.3) is 11.8 Å². The maximum atomic E-state index is 14.3. The van der Waals surface area contributed by atoms with E-state index in [4.69, 9.17) is 0 Å². The largest absolute Gasteiger partial charge is 0.346 e. The highest BCUT2D eigenvalue weighted by Gasteiger charge is 2.62. The third kappa shape index (κ3) is 6.73. The molecular formula is C32H43N7O7S2. The van der Waals surface area contributed by atoms with Gasteiger partial charge in [-0.1, -0.05) is 26.8 Å². The zero-order valence-corrected chi connectivity index (χ0v) is 29.2. The molecule has 4 aliphatic rings. The number of amides is 5. The highest BCUT2D eigenvalue weighted by atomic mass is 32.2. The fourth-order valence-corrected chi connectivity index (χ4v) is 8.62. The monoisotopic (exact) mass is 701 g/mol. The fraction of sp³-hybridized carbons (Fsp3) is 0.625. The van der Waals surface area contributed by atoms with E-state index in [1.54, 1.807) is 17.5 Å². The molecule has 14 nitrogen and oxygen atoms in total. The summed E-state index contributed by atoms with van der Waals surface area (Å²) in [4.78, 5) is 74.7. The molecule has 6 rings (SSSR count). The van der Waals surface area contributed by atoms with E-state index < -0.39 is 73.9 Å². The molecule has 5 atom stereocenters. The van der Waals surface area contributed by atoms with Gasteiger partial charge in [-0.25, -0.2) is 13.4 Å². The molecule has 1 saturated heterocycles. The zero-order chi connectivity index (χ0) is 34.8. The summed E-state index contributed by atoms with van der Waals surface area (Å²) >= 11 is 1.39. The van der Waals surface area contributed by atoms with Crippen molar-refractivity contribution >= 4 is 55.9 Å². The Hall–Kier alpha value is -3.79. The van der Waals surface area contributed by atoms with Gasteiger partial charge in [0.05, 0.1) is 10.9 Å². The molecular weight excluding hydrogens is 659 g/mol. The maximum Gasteiger partial charge on any atom is 0.270 e. The van der Waals surface area contributed by atoms with Crippen molar-refractivity contribution in [2.24, 2.45) is 17.3 Å². The van der Waals surface area contributed by atoms with Gasteiger partial charge in [-0.3, -0.25) is 33.1 Å². The molecule has 0 spiro atoms. The average Bonchev–Trinajstić information content (AvgIpc) is 3.94. The van der Waals surface area contributed by atoms with Crippen molar-refractivity contribution in [1.29, 1.82) is 0 Å². The molecule has 16 heteroatoms. The molecule has 1 aliphatic heterocycles. The van der Waals surface area contributed by atoms with Crippen LogP contribution >= 0.6 is 11.3 Å². The minimum atomic E-state index is -3.89. The van der Waals surface area contributed by atoms with Crippen LogP contribution in [0.2, 0.25) is 0 Å². The smallest absolute Gasteiger partial charge is 0.270 e. The molecule has 3 heterocycles. The fourth-order valence-electron chi connectivity index (χ4n) is 6.49. The van der Waals surface area contributed by atoms with Crippen LogP contribution in [-0.4, -0.2) is 87.7 Å². The van der Waals surface area contributed by atoms with E-state index >= 15 is 0 Å². The van der Waals surface area contributed by atoms with Crippen molar-refractivity contribution in [3.8, 4) is 0 Å². The second kappa shape index (κ2) is 12.3. The molecule has 0 bridgehead atoms. The van der Waals surface area contributed by atoms with Crippen LogP contribution in [0.1, 0.15) is 81.9 Å². The number of imidazole rings is 1. The lowest BCUT2D eigenvalue weighted by atomic mass is 9.85. The van der Waals surface area contributed by atoms with Gasteiger partial charge in [-0.15, -0.1) is 17.9 Å². The van der Waals surface area contributed by atoms with E-state index in [9.17, 15) is 32.4 Å². The predicted octanol–water partition coefficient (Wildman–Crippen LogP) is 1.40. The lowest BCUT2D eigenvalue weighted by molar-refractivity contribution is -0.144. The van der Waals surface area contributed by atoms with Crippen molar-refractivity contribution in [3.63, 3.8) is 0 Å². The number of hydrogen-bond acceptors (Lipinski definition) is 9. The number of likely N-dealkylation sites (tertiary alicyclic amines) is 1. The number of hydrogen-bond donors (Lipinski definition) is 4. The van der Waals surface area contributed by atoms with Crippen molar-refractivity contribution < 1.29 is 32.4 Å². The van der Waals surface area contributed by atoms with Gasteiger partial charge < -0.3 is 20.9 Å². The SMILES string of the molecule is C=CC1CC1(NC(=O)[C@@H]1C[C@@H](NC(=O)c2c(C)nc3sccn23)CN1C(=O)[C@@H](NC(=O)CC1CC1)C(C)(C)C)C(=O)NS(=O)(=O)C1CC1. The molecule has 4 fully saturated rings. The van der Waals surface area contributed by atoms with Crippen LogP contribution < -0.4 is 20.7 Å². The van der Waals surface area contributed by atoms with Crippen molar-refractivity contribution in [1.82, 2.24) is 35.0 Å². The molecule has 2 unspecified atom stereocenters. The topological polar surface area (TPSA) is 188 Å². The first-order valence-electron chi connectivity index (χ1n) is 16.4. The van der Waals surface area contributed by atoms with E-state index in [0.29, 0.717) is 41.5 Å². The number of carbonyl (C=O) groups is 5. The second-order valence-corrected chi connectivity index (χ2v) is 17.5. The Morgan fingerprint density at radius 3 is 2.48 bits per heavy atom. The highest BCUT2D eigenvalue weighted by molar-refractivity contribution is 7.91. The van der Waals surface area contributed by atoms with E-state index in [0.717, 1.165) is 12.8 Å². The number of aryl methyl sites for hydroxylation is 1. The third-order valence-electron chi connectivity index (χ3n) is 9.71. The summed E-state index contributed by atoms with van der Waals surface area (Å²) in [5, 5.41) is 9.81. The molecule has 0 radical (unpaired) electrons. The number of thiazole rings is 1. The molecule has 0 aromatic carbocycles. The summed E-state index contributed by atoms with van der Waals surface area (Å²) < 4.78 is 29.0. The molecule has 3 aliphatic carbocycles. The summed E-state index contributed by atoms with van der Waals surface area (Å²) in [6, 6.07) is -2.76. The number of rotatable bonds is 12. The van der Waals surface area contributed by atoms with Gasteiger partial charge in [0.2, 0.25) is 27.7 Å². The lowest BCUT2D eigenvalue weighted by Gasteiger charge is -2.35. The van der Waals surface area contributed by atoms with Crippen LogP contribution in [0.3, 0.4) is 0 Å². The number of aromatic nitrogens is 2. The normalized spacial score (nSPS) is 26.1.